The molecular formula is C14H20N2O2S. The Labute approximate surface area is 117 Å². The van der Waals surface area contributed by atoms with E-state index in [1.807, 2.05) is 11.8 Å². The Morgan fingerprint density at radius 2 is 2.21 bits per heavy atom. The van der Waals surface area contributed by atoms with Gasteiger partial charge in [0.2, 0.25) is 5.91 Å². The summed E-state index contributed by atoms with van der Waals surface area (Å²) in [7, 11) is 0. The summed E-state index contributed by atoms with van der Waals surface area (Å²) in [6.45, 7) is 0.715. The molecule has 0 bridgehead atoms. The van der Waals surface area contributed by atoms with Crippen LogP contribution in [0.25, 0.3) is 0 Å². The van der Waals surface area contributed by atoms with E-state index in [4.69, 9.17) is 5.73 Å². The summed E-state index contributed by atoms with van der Waals surface area (Å²) in [5.41, 5.74) is 6.85. The van der Waals surface area contributed by atoms with E-state index in [1.165, 1.54) is 18.6 Å². The van der Waals surface area contributed by atoms with Crippen LogP contribution in [-0.4, -0.2) is 34.6 Å². The lowest BCUT2D eigenvalue weighted by Crippen LogP contribution is -2.43. The van der Waals surface area contributed by atoms with Crippen molar-refractivity contribution in [1.82, 2.24) is 5.32 Å². The van der Waals surface area contributed by atoms with Crippen LogP contribution >= 0.6 is 11.8 Å². The van der Waals surface area contributed by atoms with Gasteiger partial charge in [0.15, 0.2) is 0 Å². The molecule has 0 radical (unpaired) electrons. The second kappa shape index (κ2) is 6.82. The molecule has 19 heavy (non-hydrogen) atoms. The summed E-state index contributed by atoms with van der Waals surface area (Å²) in [6.07, 6.45) is 2.91. The molecule has 2 rings (SSSR count). The number of aromatic hydroxyl groups is 1. The number of amides is 1. The van der Waals surface area contributed by atoms with Gasteiger partial charge in [0.25, 0.3) is 0 Å². The van der Waals surface area contributed by atoms with Gasteiger partial charge in [-0.3, -0.25) is 4.79 Å². The molecule has 1 amide bonds. The largest absolute Gasteiger partial charge is 0.508 e. The van der Waals surface area contributed by atoms with Crippen LogP contribution in [0.3, 0.4) is 0 Å². The fraction of sp³-hybridized carbons (Fsp3) is 0.500. The molecule has 4 nitrogen and oxygen atoms in total. The van der Waals surface area contributed by atoms with Crippen LogP contribution in [0.1, 0.15) is 18.4 Å². The van der Waals surface area contributed by atoms with Crippen molar-refractivity contribution in [2.24, 2.45) is 5.73 Å². The van der Waals surface area contributed by atoms with Gasteiger partial charge in [-0.25, -0.2) is 0 Å². The van der Waals surface area contributed by atoms with Crippen LogP contribution in [0.4, 0.5) is 0 Å². The molecule has 1 fully saturated rings. The normalized spacial score (nSPS) is 20.2. The van der Waals surface area contributed by atoms with E-state index >= 15 is 0 Å². The summed E-state index contributed by atoms with van der Waals surface area (Å²) < 4.78 is 0. The summed E-state index contributed by atoms with van der Waals surface area (Å²) in [5.74, 6) is 1.32. The fourth-order valence-corrected chi connectivity index (χ4v) is 3.33. The number of nitrogens with two attached hydrogens (primary N) is 1. The molecule has 1 aliphatic heterocycles. The van der Waals surface area contributed by atoms with E-state index in [2.05, 4.69) is 5.32 Å². The van der Waals surface area contributed by atoms with Gasteiger partial charge in [-0.05, 0) is 42.7 Å². The molecule has 104 valence electrons. The second-order valence-electron chi connectivity index (χ2n) is 4.86. The lowest BCUT2D eigenvalue weighted by Gasteiger charge is -2.14. The maximum Gasteiger partial charge on any atom is 0.237 e. The summed E-state index contributed by atoms with van der Waals surface area (Å²) >= 11 is 1.92. The molecule has 1 heterocycles. The van der Waals surface area contributed by atoms with E-state index in [0.717, 1.165) is 5.56 Å². The van der Waals surface area contributed by atoms with Crippen molar-refractivity contribution in [3.8, 4) is 5.75 Å². The monoisotopic (exact) mass is 280 g/mol. The molecule has 0 spiro atoms. The van der Waals surface area contributed by atoms with Crippen LogP contribution in [0, 0.1) is 0 Å². The van der Waals surface area contributed by atoms with E-state index < -0.39 is 6.04 Å². The Hall–Kier alpha value is -1.20. The van der Waals surface area contributed by atoms with Gasteiger partial charge in [-0.15, -0.1) is 0 Å². The molecule has 4 N–H and O–H groups in total. The van der Waals surface area contributed by atoms with E-state index in [0.29, 0.717) is 18.2 Å². The lowest BCUT2D eigenvalue weighted by molar-refractivity contribution is -0.122. The quantitative estimate of drug-likeness (QED) is 0.759. The number of benzene rings is 1. The van der Waals surface area contributed by atoms with Crippen LogP contribution in [-0.2, 0) is 11.2 Å². The van der Waals surface area contributed by atoms with Crippen molar-refractivity contribution in [1.29, 1.82) is 0 Å². The number of hydrogen-bond donors (Lipinski definition) is 3. The molecule has 1 saturated heterocycles. The van der Waals surface area contributed by atoms with Gasteiger partial charge in [0.05, 0.1) is 6.04 Å². The predicted molar refractivity (Wildman–Crippen MR) is 78.3 cm³/mol. The Morgan fingerprint density at radius 3 is 2.84 bits per heavy atom. The zero-order valence-corrected chi connectivity index (χ0v) is 11.7. The van der Waals surface area contributed by atoms with E-state index in [9.17, 15) is 9.90 Å². The number of hydrogen-bond acceptors (Lipinski definition) is 4. The van der Waals surface area contributed by atoms with Crippen molar-refractivity contribution in [3.05, 3.63) is 29.8 Å². The highest BCUT2D eigenvalue weighted by molar-refractivity contribution is 8.00. The highest BCUT2D eigenvalue weighted by Gasteiger charge is 2.19. The minimum atomic E-state index is -0.532. The number of carbonyl (C=O) groups is 1. The number of rotatable bonds is 5. The van der Waals surface area contributed by atoms with Gasteiger partial charge in [-0.2, -0.15) is 11.8 Å². The third-order valence-electron chi connectivity index (χ3n) is 3.26. The number of phenolic OH excluding ortho intramolecular Hbond substituents is 1. The second-order valence-corrected chi connectivity index (χ2v) is 6.27. The predicted octanol–water partition coefficient (Wildman–Crippen LogP) is 1.27. The lowest BCUT2D eigenvalue weighted by atomic mass is 10.1. The molecule has 0 aliphatic carbocycles. The first-order valence-corrected chi connectivity index (χ1v) is 7.63. The summed E-state index contributed by atoms with van der Waals surface area (Å²) in [4.78, 5) is 11.9. The zero-order valence-electron chi connectivity index (χ0n) is 10.8. The van der Waals surface area contributed by atoms with Gasteiger partial charge >= 0.3 is 0 Å². The van der Waals surface area contributed by atoms with Crippen molar-refractivity contribution < 1.29 is 9.90 Å². The third kappa shape index (κ3) is 4.44. The van der Waals surface area contributed by atoms with Crippen molar-refractivity contribution in [2.45, 2.75) is 30.6 Å². The molecule has 1 aromatic carbocycles. The number of phenols is 1. The molecule has 2 unspecified atom stereocenters. The topological polar surface area (TPSA) is 75.3 Å². The molecule has 1 aromatic rings. The highest BCUT2D eigenvalue weighted by Crippen LogP contribution is 2.25. The molecule has 1 aliphatic rings. The van der Waals surface area contributed by atoms with Gasteiger partial charge in [-0.1, -0.05) is 12.1 Å². The average molecular weight is 280 g/mol. The minimum Gasteiger partial charge on any atom is -0.508 e. The maximum atomic E-state index is 11.9. The van der Waals surface area contributed by atoms with Gasteiger partial charge in [0.1, 0.15) is 5.75 Å². The summed E-state index contributed by atoms with van der Waals surface area (Å²) in [5, 5.41) is 12.7. The Balaban J connectivity index is 1.76. The van der Waals surface area contributed by atoms with Gasteiger partial charge in [0, 0.05) is 11.8 Å². The van der Waals surface area contributed by atoms with Crippen molar-refractivity contribution >= 4 is 17.7 Å². The Kier molecular flexibility index (Phi) is 5.10. The van der Waals surface area contributed by atoms with Crippen LogP contribution in [0.15, 0.2) is 24.3 Å². The number of carbonyl (C=O) groups excluding carboxylic acids is 1. The highest BCUT2D eigenvalue weighted by atomic mass is 32.2. The zero-order chi connectivity index (χ0) is 13.7. The third-order valence-corrected chi connectivity index (χ3v) is 4.65. The number of thioether (sulfide) groups is 1. The molecule has 0 aromatic heterocycles. The minimum absolute atomic E-state index is 0.0967. The molecular weight excluding hydrogens is 260 g/mol. The Morgan fingerprint density at radius 1 is 1.47 bits per heavy atom. The smallest absolute Gasteiger partial charge is 0.237 e. The molecule has 2 atom stereocenters. The summed E-state index contributed by atoms with van der Waals surface area (Å²) in [6, 6.07) is 6.26. The average Bonchev–Trinajstić information content (AvgIpc) is 2.91. The molecule has 0 saturated carbocycles. The fourth-order valence-electron chi connectivity index (χ4n) is 2.13. The SMILES string of the molecule is NC(Cc1ccc(O)cc1)C(=O)NCC1CCCS1. The maximum absolute atomic E-state index is 11.9. The van der Waals surface area contributed by atoms with E-state index in [1.54, 1.807) is 24.3 Å². The first-order valence-electron chi connectivity index (χ1n) is 6.58. The Bertz CT molecular complexity index is 416. The van der Waals surface area contributed by atoms with Crippen LogP contribution in [0.2, 0.25) is 0 Å². The van der Waals surface area contributed by atoms with E-state index in [-0.39, 0.29) is 11.7 Å². The first-order chi connectivity index (χ1) is 9.15. The standard InChI is InChI=1S/C14H20N2O2S/c15-13(8-10-3-5-11(17)6-4-10)14(18)16-9-12-2-1-7-19-12/h3-6,12-13,17H,1-2,7-9,15H2,(H,16,18). The number of nitrogens with one attached hydrogen (secondary N) is 1. The van der Waals surface area contributed by atoms with Gasteiger partial charge < -0.3 is 16.2 Å². The van der Waals surface area contributed by atoms with Crippen molar-refractivity contribution in [2.75, 3.05) is 12.3 Å². The first kappa shape index (κ1) is 14.2. The van der Waals surface area contributed by atoms with Crippen LogP contribution < -0.4 is 11.1 Å². The van der Waals surface area contributed by atoms with Crippen molar-refractivity contribution in [3.63, 3.8) is 0 Å². The molecule has 5 heteroatoms. The van der Waals surface area contributed by atoms with Crippen LogP contribution in [0.5, 0.6) is 5.75 Å².